The van der Waals surface area contributed by atoms with Crippen LogP contribution < -0.4 is 5.73 Å². The number of nitrogens with two attached hydrogens (primary N) is 1. The summed E-state index contributed by atoms with van der Waals surface area (Å²) in [7, 11) is 0. The summed E-state index contributed by atoms with van der Waals surface area (Å²) in [4.78, 5) is 10.8. The maximum atomic E-state index is 10.8. The molecule has 1 atom stereocenters. The Morgan fingerprint density at radius 2 is 2.60 bits per heavy atom. The summed E-state index contributed by atoms with van der Waals surface area (Å²) < 4.78 is 4.75. The highest BCUT2D eigenvalue weighted by Gasteiger charge is 2.31. The van der Waals surface area contributed by atoms with E-state index in [0.717, 1.165) is 5.57 Å². The van der Waals surface area contributed by atoms with E-state index in [2.05, 4.69) is 0 Å². The lowest BCUT2D eigenvalue weighted by atomic mass is 10.3. The first-order valence-electron chi connectivity index (χ1n) is 3.37. The first-order valence-corrected chi connectivity index (χ1v) is 3.37. The molecule has 0 bridgehead atoms. The smallest absolute Gasteiger partial charge is 0.317 e. The summed E-state index contributed by atoms with van der Waals surface area (Å²) in [5, 5.41) is 0. The molecule has 0 aliphatic heterocycles. The van der Waals surface area contributed by atoms with Gasteiger partial charge in [0.25, 0.3) is 0 Å². The van der Waals surface area contributed by atoms with Crippen molar-refractivity contribution in [1.82, 2.24) is 0 Å². The van der Waals surface area contributed by atoms with E-state index in [-0.39, 0.29) is 11.9 Å². The molecule has 0 heterocycles. The molecular formula is C7H11NO2. The number of ether oxygens (including phenoxy) is 1. The summed E-state index contributed by atoms with van der Waals surface area (Å²) in [5.41, 5.74) is 6.28. The molecule has 1 aliphatic carbocycles. The Morgan fingerprint density at radius 3 is 3.00 bits per heavy atom. The number of rotatable bonds is 3. The van der Waals surface area contributed by atoms with Crippen molar-refractivity contribution >= 4 is 5.97 Å². The van der Waals surface area contributed by atoms with Gasteiger partial charge in [0, 0.05) is 6.54 Å². The second-order valence-corrected chi connectivity index (χ2v) is 2.18. The molecule has 0 radical (unpaired) electrons. The highest BCUT2D eigenvalue weighted by molar-refractivity contribution is 5.83. The van der Waals surface area contributed by atoms with Crippen LogP contribution in [0.15, 0.2) is 11.6 Å². The molecule has 0 fully saturated rings. The lowest BCUT2D eigenvalue weighted by Gasteiger charge is -1.98. The van der Waals surface area contributed by atoms with Crippen molar-refractivity contribution in [3.05, 3.63) is 11.6 Å². The highest BCUT2D eigenvalue weighted by Crippen LogP contribution is 2.28. The predicted molar refractivity (Wildman–Crippen MR) is 37.3 cm³/mol. The summed E-state index contributed by atoms with van der Waals surface area (Å²) >= 11 is 0. The fourth-order valence-corrected chi connectivity index (χ4v) is 0.812. The van der Waals surface area contributed by atoms with Crippen LogP contribution in [0.2, 0.25) is 0 Å². The van der Waals surface area contributed by atoms with E-state index < -0.39 is 0 Å². The van der Waals surface area contributed by atoms with Crippen molar-refractivity contribution in [1.29, 1.82) is 0 Å². The van der Waals surface area contributed by atoms with E-state index in [1.165, 1.54) is 0 Å². The van der Waals surface area contributed by atoms with Gasteiger partial charge in [-0.3, -0.25) is 4.79 Å². The second-order valence-electron chi connectivity index (χ2n) is 2.18. The molecule has 2 N–H and O–H groups in total. The zero-order chi connectivity index (χ0) is 7.56. The van der Waals surface area contributed by atoms with Crippen molar-refractivity contribution in [3.8, 4) is 0 Å². The first-order chi connectivity index (χ1) is 4.79. The number of esters is 1. The van der Waals surface area contributed by atoms with E-state index in [9.17, 15) is 4.79 Å². The van der Waals surface area contributed by atoms with Crippen molar-refractivity contribution < 1.29 is 9.53 Å². The van der Waals surface area contributed by atoms with Crippen LogP contribution in [0, 0.1) is 5.92 Å². The number of hydrogen-bond donors (Lipinski definition) is 1. The van der Waals surface area contributed by atoms with Gasteiger partial charge < -0.3 is 10.5 Å². The third kappa shape index (κ3) is 1.36. The Morgan fingerprint density at radius 1 is 1.90 bits per heavy atom. The van der Waals surface area contributed by atoms with E-state index in [1.807, 2.05) is 6.08 Å². The Balaban J connectivity index is 2.22. The van der Waals surface area contributed by atoms with Gasteiger partial charge in [0.1, 0.15) is 0 Å². The van der Waals surface area contributed by atoms with Gasteiger partial charge in [-0.05, 0) is 12.5 Å². The molecule has 1 rings (SSSR count). The van der Waals surface area contributed by atoms with E-state index in [1.54, 1.807) is 6.92 Å². The van der Waals surface area contributed by atoms with Crippen molar-refractivity contribution in [2.45, 2.75) is 6.92 Å². The third-order valence-corrected chi connectivity index (χ3v) is 1.45. The Labute approximate surface area is 59.8 Å². The molecule has 1 aliphatic rings. The van der Waals surface area contributed by atoms with Crippen LogP contribution >= 0.6 is 0 Å². The maximum Gasteiger partial charge on any atom is 0.317 e. The standard InChI is InChI=1S/C7H11NO2/c1-2-10-7(9)6-3-5(6)4-8/h3,6H,2,4,8H2,1H3. The second kappa shape index (κ2) is 2.84. The van der Waals surface area contributed by atoms with Gasteiger partial charge in [0.15, 0.2) is 0 Å². The van der Waals surface area contributed by atoms with Crippen LogP contribution in [0.4, 0.5) is 0 Å². The van der Waals surface area contributed by atoms with Crippen LogP contribution in [-0.4, -0.2) is 19.1 Å². The minimum atomic E-state index is -0.164. The zero-order valence-electron chi connectivity index (χ0n) is 5.96. The third-order valence-electron chi connectivity index (χ3n) is 1.45. The topological polar surface area (TPSA) is 52.3 Å². The van der Waals surface area contributed by atoms with Crippen molar-refractivity contribution in [2.24, 2.45) is 11.7 Å². The van der Waals surface area contributed by atoms with Crippen LogP contribution in [-0.2, 0) is 9.53 Å². The molecule has 0 aromatic rings. The Kier molecular flexibility index (Phi) is 2.06. The van der Waals surface area contributed by atoms with Gasteiger partial charge >= 0.3 is 5.97 Å². The van der Waals surface area contributed by atoms with Gasteiger partial charge in [0.05, 0.1) is 12.5 Å². The average molecular weight is 141 g/mol. The summed E-state index contributed by atoms with van der Waals surface area (Å²) in [6.45, 7) is 2.72. The molecule has 0 saturated carbocycles. The number of carbonyl (C=O) groups is 1. The van der Waals surface area contributed by atoms with Gasteiger partial charge in [-0.2, -0.15) is 0 Å². The molecule has 1 unspecified atom stereocenters. The van der Waals surface area contributed by atoms with Gasteiger partial charge in [-0.1, -0.05) is 6.08 Å². The van der Waals surface area contributed by atoms with E-state index in [0.29, 0.717) is 13.2 Å². The van der Waals surface area contributed by atoms with Gasteiger partial charge in [-0.25, -0.2) is 0 Å². The van der Waals surface area contributed by atoms with Gasteiger partial charge in [0.2, 0.25) is 0 Å². The lowest BCUT2D eigenvalue weighted by molar-refractivity contribution is -0.144. The molecular weight excluding hydrogens is 130 g/mol. The molecule has 3 nitrogen and oxygen atoms in total. The minimum absolute atomic E-state index is 0.0926. The number of carbonyl (C=O) groups excluding carboxylic acids is 1. The van der Waals surface area contributed by atoms with Crippen LogP contribution in [0.5, 0.6) is 0 Å². The quantitative estimate of drug-likeness (QED) is 0.447. The monoisotopic (exact) mass is 141 g/mol. The largest absolute Gasteiger partial charge is 0.465 e. The van der Waals surface area contributed by atoms with E-state index >= 15 is 0 Å². The molecule has 0 spiro atoms. The molecule has 3 heteroatoms. The van der Waals surface area contributed by atoms with Crippen molar-refractivity contribution in [3.63, 3.8) is 0 Å². The number of hydrogen-bond acceptors (Lipinski definition) is 3. The molecule has 0 amide bonds. The predicted octanol–water partition coefficient (Wildman–Crippen LogP) is 0.0644. The van der Waals surface area contributed by atoms with Gasteiger partial charge in [-0.15, -0.1) is 0 Å². The normalized spacial score (nSPS) is 21.8. The zero-order valence-corrected chi connectivity index (χ0v) is 5.96. The molecule has 10 heavy (non-hydrogen) atoms. The van der Waals surface area contributed by atoms with Crippen LogP contribution in [0.3, 0.4) is 0 Å². The minimum Gasteiger partial charge on any atom is -0.465 e. The molecule has 0 aromatic heterocycles. The molecule has 0 aromatic carbocycles. The lowest BCUT2D eigenvalue weighted by Crippen LogP contribution is -2.11. The Hall–Kier alpha value is -0.830. The summed E-state index contributed by atoms with van der Waals surface area (Å²) in [6.07, 6.45) is 1.83. The SMILES string of the molecule is CCOC(=O)C1C=C1CN. The first kappa shape index (κ1) is 7.28. The average Bonchev–Trinajstić information content (AvgIpc) is 2.66. The fourth-order valence-electron chi connectivity index (χ4n) is 0.812. The highest BCUT2D eigenvalue weighted by atomic mass is 16.5. The van der Waals surface area contributed by atoms with Crippen LogP contribution in [0.1, 0.15) is 6.92 Å². The Bertz CT molecular complexity index is 174. The van der Waals surface area contributed by atoms with Crippen LogP contribution in [0.25, 0.3) is 0 Å². The molecule has 56 valence electrons. The maximum absolute atomic E-state index is 10.8. The summed E-state index contributed by atoms with van der Waals surface area (Å²) in [5.74, 6) is -0.257. The summed E-state index contributed by atoms with van der Waals surface area (Å²) in [6, 6.07) is 0. The van der Waals surface area contributed by atoms with E-state index in [4.69, 9.17) is 10.5 Å². The molecule has 0 saturated heterocycles. The fraction of sp³-hybridized carbons (Fsp3) is 0.571. The van der Waals surface area contributed by atoms with Crippen molar-refractivity contribution in [2.75, 3.05) is 13.2 Å².